The van der Waals surface area contributed by atoms with Crippen molar-refractivity contribution in [3.63, 3.8) is 0 Å². The number of H-pyrrole nitrogens is 1. The predicted molar refractivity (Wildman–Crippen MR) is 102 cm³/mol. The Morgan fingerprint density at radius 2 is 1.83 bits per heavy atom. The Morgan fingerprint density at radius 3 is 2.53 bits per heavy atom. The third kappa shape index (κ3) is 3.57. The number of ether oxygens (including phenoxy) is 2. The Hall–Kier alpha value is -3.88. The standard InChI is InChI=1S/C21H14F3N3O3/c1-29-20(28)16-10-12(21(22,23)24)9-15(18(16)30-13-5-3-2-4-6-13)14-7-8-25-19-17(14)11-26-27-19/h2-11H,1H3,(H,25,26,27). The number of hydrogen-bond donors (Lipinski definition) is 1. The van der Waals surface area contributed by atoms with E-state index in [1.165, 1.54) is 18.5 Å². The summed E-state index contributed by atoms with van der Waals surface area (Å²) in [6, 6.07) is 11.6. The highest BCUT2D eigenvalue weighted by atomic mass is 19.4. The zero-order chi connectivity index (χ0) is 21.3. The lowest BCUT2D eigenvalue weighted by Gasteiger charge is -2.18. The smallest absolute Gasteiger partial charge is 0.416 e. The third-order valence-electron chi connectivity index (χ3n) is 4.43. The van der Waals surface area contributed by atoms with Gasteiger partial charge in [-0.1, -0.05) is 18.2 Å². The van der Waals surface area contributed by atoms with Crippen molar-refractivity contribution in [2.24, 2.45) is 0 Å². The monoisotopic (exact) mass is 413 g/mol. The normalized spacial score (nSPS) is 11.5. The fourth-order valence-electron chi connectivity index (χ4n) is 3.06. The topological polar surface area (TPSA) is 77.1 Å². The zero-order valence-electron chi connectivity index (χ0n) is 15.5. The molecule has 0 saturated heterocycles. The molecular weight excluding hydrogens is 399 g/mol. The van der Waals surface area contributed by atoms with Crippen molar-refractivity contribution in [1.29, 1.82) is 0 Å². The number of carbonyl (C=O) groups excluding carboxylic acids is 1. The molecule has 0 fully saturated rings. The fraction of sp³-hybridized carbons (Fsp3) is 0.0952. The van der Waals surface area contributed by atoms with Gasteiger partial charge in [0.1, 0.15) is 17.1 Å². The van der Waals surface area contributed by atoms with Crippen molar-refractivity contribution in [3.05, 3.63) is 72.1 Å². The quantitative estimate of drug-likeness (QED) is 0.464. The average molecular weight is 413 g/mol. The van der Waals surface area contributed by atoms with Gasteiger partial charge < -0.3 is 9.47 Å². The lowest BCUT2D eigenvalue weighted by atomic mass is 9.96. The second-order valence-electron chi connectivity index (χ2n) is 6.30. The molecule has 30 heavy (non-hydrogen) atoms. The summed E-state index contributed by atoms with van der Waals surface area (Å²) in [7, 11) is 1.09. The molecular formula is C21H14F3N3O3. The van der Waals surface area contributed by atoms with Crippen molar-refractivity contribution >= 4 is 17.0 Å². The van der Waals surface area contributed by atoms with Crippen LogP contribution in [-0.4, -0.2) is 28.3 Å². The molecule has 9 heteroatoms. The molecule has 0 aliphatic carbocycles. The van der Waals surface area contributed by atoms with E-state index in [4.69, 9.17) is 9.47 Å². The number of nitrogens with zero attached hydrogens (tertiary/aromatic N) is 2. The number of alkyl halides is 3. The van der Waals surface area contributed by atoms with Crippen molar-refractivity contribution in [2.45, 2.75) is 6.18 Å². The van der Waals surface area contributed by atoms with Gasteiger partial charge in [-0.15, -0.1) is 0 Å². The van der Waals surface area contributed by atoms with Crippen LogP contribution in [0.25, 0.3) is 22.2 Å². The second-order valence-corrected chi connectivity index (χ2v) is 6.30. The number of halogens is 3. The Balaban J connectivity index is 2.05. The van der Waals surface area contributed by atoms with Gasteiger partial charge >= 0.3 is 12.1 Å². The molecule has 0 atom stereocenters. The Labute approximate surface area is 168 Å². The number of aromatic amines is 1. The highest BCUT2D eigenvalue weighted by Crippen LogP contribution is 2.43. The summed E-state index contributed by atoms with van der Waals surface area (Å²) >= 11 is 0. The highest BCUT2D eigenvalue weighted by Gasteiger charge is 2.34. The summed E-state index contributed by atoms with van der Waals surface area (Å²) in [6.45, 7) is 0. The summed E-state index contributed by atoms with van der Waals surface area (Å²) in [5.41, 5.74) is -0.541. The molecule has 1 N–H and O–H groups in total. The van der Waals surface area contributed by atoms with Gasteiger partial charge in [-0.05, 0) is 35.9 Å². The van der Waals surface area contributed by atoms with Gasteiger partial charge in [0.2, 0.25) is 0 Å². The lowest BCUT2D eigenvalue weighted by molar-refractivity contribution is -0.137. The number of benzene rings is 2. The van der Waals surface area contributed by atoms with Crippen LogP contribution < -0.4 is 4.74 Å². The van der Waals surface area contributed by atoms with E-state index in [0.717, 1.165) is 19.2 Å². The molecule has 0 spiro atoms. The van der Waals surface area contributed by atoms with Gasteiger partial charge in [-0.3, -0.25) is 5.10 Å². The molecule has 0 unspecified atom stereocenters. The molecule has 0 saturated carbocycles. The predicted octanol–water partition coefficient (Wildman–Crippen LogP) is 5.22. The summed E-state index contributed by atoms with van der Waals surface area (Å²) in [5, 5.41) is 7.06. The van der Waals surface area contributed by atoms with E-state index >= 15 is 0 Å². The number of rotatable bonds is 4. The first-order chi connectivity index (χ1) is 14.4. The van der Waals surface area contributed by atoms with E-state index in [1.54, 1.807) is 30.3 Å². The molecule has 152 valence electrons. The summed E-state index contributed by atoms with van der Waals surface area (Å²) in [6.07, 6.45) is -1.81. The van der Waals surface area contributed by atoms with E-state index in [9.17, 15) is 18.0 Å². The van der Waals surface area contributed by atoms with Gasteiger partial charge in [0.05, 0.1) is 18.9 Å². The molecule has 4 aromatic rings. The van der Waals surface area contributed by atoms with Crippen LogP contribution in [0.15, 0.2) is 60.9 Å². The molecule has 0 aliphatic heterocycles. The largest absolute Gasteiger partial charge is 0.465 e. The number of methoxy groups -OCH3 is 1. The first kappa shape index (κ1) is 19.4. The maximum absolute atomic E-state index is 13.6. The first-order valence-electron chi connectivity index (χ1n) is 8.73. The van der Waals surface area contributed by atoms with Crippen molar-refractivity contribution in [2.75, 3.05) is 7.11 Å². The number of nitrogens with one attached hydrogen (secondary N) is 1. The van der Waals surface area contributed by atoms with Crippen LogP contribution in [-0.2, 0) is 10.9 Å². The lowest BCUT2D eigenvalue weighted by Crippen LogP contribution is -2.11. The van der Waals surface area contributed by atoms with Crippen LogP contribution in [0.1, 0.15) is 15.9 Å². The molecule has 2 aromatic heterocycles. The van der Waals surface area contributed by atoms with E-state index in [1.807, 2.05) is 0 Å². The number of para-hydroxylation sites is 1. The number of aromatic nitrogens is 3. The van der Waals surface area contributed by atoms with Gasteiger partial charge in [0.25, 0.3) is 0 Å². The average Bonchev–Trinajstić information content (AvgIpc) is 3.22. The summed E-state index contributed by atoms with van der Waals surface area (Å²) < 4.78 is 51.5. The van der Waals surface area contributed by atoms with Gasteiger partial charge in [0.15, 0.2) is 5.65 Å². The number of fused-ring (bicyclic) bond motifs is 1. The van der Waals surface area contributed by atoms with E-state index < -0.39 is 17.7 Å². The third-order valence-corrected chi connectivity index (χ3v) is 4.43. The molecule has 0 bridgehead atoms. The van der Waals surface area contributed by atoms with Gasteiger partial charge in [0, 0.05) is 17.1 Å². The molecule has 0 aliphatic rings. The Bertz CT molecular complexity index is 1220. The van der Waals surface area contributed by atoms with Crippen LogP contribution in [0.4, 0.5) is 13.2 Å². The maximum atomic E-state index is 13.6. The number of hydrogen-bond acceptors (Lipinski definition) is 5. The molecule has 2 heterocycles. The van der Waals surface area contributed by atoms with E-state index in [2.05, 4.69) is 15.2 Å². The second kappa shape index (κ2) is 7.51. The molecule has 0 amide bonds. The number of carbonyl (C=O) groups is 1. The maximum Gasteiger partial charge on any atom is 0.416 e. The van der Waals surface area contributed by atoms with Crippen LogP contribution in [0.2, 0.25) is 0 Å². The molecule has 0 radical (unpaired) electrons. The molecule has 6 nitrogen and oxygen atoms in total. The number of pyridine rings is 1. The van der Waals surface area contributed by atoms with E-state index in [-0.39, 0.29) is 16.9 Å². The van der Waals surface area contributed by atoms with Gasteiger partial charge in [-0.25, -0.2) is 9.78 Å². The summed E-state index contributed by atoms with van der Waals surface area (Å²) in [5.74, 6) is -0.665. The molecule has 4 rings (SSSR count). The number of esters is 1. The minimum absolute atomic E-state index is 0.0582. The first-order valence-corrected chi connectivity index (χ1v) is 8.73. The van der Waals surface area contributed by atoms with E-state index in [0.29, 0.717) is 22.3 Å². The SMILES string of the molecule is COC(=O)c1cc(C(F)(F)F)cc(-c2ccnc3[nH]ncc23)c1Oc1ccccc1. The Morgan fingerprint density at radius 1 is 1.07 bits per heavy atom. The summed E-state index contributed by atoms with van der Waals surface area (Å²) in [4.78, 5) is 16.5. The van der Waals surface area contributed by atoms with Gasteiger partial charge in [-0.2, -0.15) is 18.3 Å². The minimum Gasteiger partial charge on any atom is -0.465 e. The fourth-order valence-corrected chi connectivity index (χ4v) is 3.06. The van der Waals surface area contributed by atoms with Crippen LogP contribution in [0.5, 0.6) is 11.5 Å². The van der Waals surface area contributed by atoms with Crippen LogP contribution >= 0.6 is 0 Å². The van der Waals surface area contributed by atoms with Crippen molar-refractivity contribution < 1.29 is 27.4 Å². The van der Waals surface area contributed by atoms with Crippen molar-refractivity contribution in [3.8, 4) is 22.6 Å². The Kier molecular flexibility index (Phi) is 4.86. The zero-order valence-corrected chi connectivity index (χ0v) is 15.5. The van der Waals surface area contributed by atoms with Crippen LogP contribution in [0, 0.1) is 0 Å². The minimum atomic E-state index is -4.69. The van der Waals surface area contributed by atoms with Crippen LogP contribution in [0.3, 0.4) is 0 Å². The van der Waals surface area contributed by atoms with Crippen molar-refractivity contribution in [1.82, 2.24) is 15.2 Å². The molecule has 2 aromatic carbocycles. The highest BCUT2D eigenvalue weighted by molar-refractivity contribution is 6.00.